The highest BCUT2D eigenvalue weighted by molar-refractivity contribution is 5.93. The average molecular weight is 553 g/mol. The summed E-state index contributed by atoms with van der Waals surface area (Å²) in [5.41, 5.74) is -0.259. The van der Waals surface area contributed by atoms with E-state index in [1.807, 2.05) is 0 Å². The summed E-state index contributed by atoms with van der Waals surface area (Å²) in [7, 11) is 1.43. The summed E-state index contributed by atoms with van der Waals surface area (Å²) in [5, 5.41) is 11.5. The van der Waals surface area contributed by atoms with Crippen LogP contribution in [0.25, 0.3) is 0 Å². The van der Waals surface area contributed by atoms with Crippen LogP contribution in [0.15, 0.2) is 30.3 Å². The number of nitrogens with one attached hydrogen (secondary N) is 1. The number of aryl methyl sites for hydroxylation is 1. The zero-order chi connectivity index (χ0) is 28.7. The molecule has 13 heteroatoms. The number of methoxy groups -OCH3 is 1. The summed E-state index contributed by atoms with van der Waals surface area (Å²) in [6.07, 6.45) is -1.04. The fraction of sp³-hybridized carbons (Fsp3) is 0.385. The Morgan fingerprint density at radius 3 is 2.33 bits per heavy atom. The van der Waals surface area contributed by atoms with Gasteiger partial charge in [0, 0.05) is 19.0 Å². The van der Waals surface area contributed by atoms with E-state index >= 15 is 0 Å². The number of aliphatic carboxylic acids is 1. The van der Waals surface area contributed by atoms with Crippen LogP contribution in [0.3, 0.4) is 0 Å². The summed E-state index contributed by atoms with van der Waals surface area (Å²) in [4.78, 5) is 50.6. The van der Waals surface area contributed by atoms with Gasteiger partial charge >= 0.3 is 12.1 Å². The van der Waals surface area contributed by atoms with Gasteiger partial charge in [0.25, 0.3) is 0 Å². The first-order valence-corrected chi connectivity index (χ1v) is 11.9. The molecule has 0 bridgehead atoms. The Morgan fingerprint density at radius 1 is 1.08 bits per heavy atom. The van der Waals surface area contributed by atoms with Gasteiger partial charge in [-0.15, -0.1) is 0 Å². The van der Waals surface area contributed by atoms with Crippen LogP contribution in [-0.2, 0) is 14.4 Å². The maximum Gasteiger partial charge on any atom is 0.415 e. The summed E-state index contributed by atoms with van der Waals surface area (Å²) >= 11 is 0. The summed E-state index contributed by atoms with van der Waals surface area (Å²) in [6.45, 7) is 0.472. The van der Waals surface area contributed by atoms with Crippen LogP contribution in [0.1, 0.15) is 24.8 Å². The first-order valence-electron chi connectivity index (χ1n) is 11.9. The smallest absolute Gasteiger partial charge is 0.415 e. The Hall–Kier alpha value is -4.29. The van der Waals surface area contributed by atoms with Gasteiger partial charge in [0.1, 0.15) is 12.6 Å². The number of piperidine rings is 1. The molecule has 0 aromatic heterocycles. The van der Waals surface area contributed by atoms with Crippen molar-refractivity contribution in [1.82, 2.24) is 10.2 Å². The van der Waals surface area contributed by atoms with Crippen molar-refractivity contribution in [3.8, 4) is 17.2 Å². The molecule has 3 rings (SSSR count). The van der Waals surface area contributed by atoms with Gasteiger partial charge in [0.15, 0.2) is 34.7 Å². The minimum atomic E-state index is -1.64. The molecule has 39 heavy (non-hydrogen) atoms. The van der Waals surface area contributed by atoms with E-state index in [0.717, 1.165) is 0 Å². The molecule has 1 aliphatic heterocycles. The normalized spacial score (nSPS) is 14.3. The summed E-state index contributed by atoms with van der Waals surface area (Å²) < 4.78 is 57.0. The van der Waals surface area contributed by atoms with E-state index in [2.05, 4.69) is 5.32 Å². The fourth-order valence-corrected chi connectivity index (χ4v) is 3.97. The third-order valence-corrected chi connectivity index (χ3v) is 6.13. The van der Waals surface area contributed by atoms with Crippen LogP contribution in [0.5, 0.6) is 17.2 Å². The van der Waals surface area contributed by atoms with Crippen LogP contribution >= 0.6 is 0 Å². The van der Waals surface area contributed by atoms with Gasteiger partial charge in [-0.05, 0) is 43.5 Å². The molecule has 1 aliphatic rings. The van der Waals surface area contributed by atoms with E-state index in [-0.39, 0.29) is 37.2 Å². The molecule has 210 valence electrons. The van der Waals surface area contributed by atoms with Crippen molar-refractivity contribution in [3.05, 3.63) is 53.3 Å². The number of likely N-dealkylation sites (tertiary alicyclic amines) is 1. The van der Waals surface area contributed by atoms with Gasteiger partial charge in [-0.3, -0.25) is 14.4 Å². The Bertz CT molecular complexity index is 1220. The van der Waals surface area contributed by atoms with Crippen molar-refractivity contribution in [2.75, 3.05) is 26.8 Å². The number of hydrogen-bond acceptors (Lipinski definition) is 7. The lowest BCUT2D eigenvalue weighted by Crippen LogP contribution is -2.49. The monoisotopic (exact) mass is 552 g/mol. The standard InChI is InChI=1S/C26H27F3N2O8/c1-14-11-16(27)23(29)24(22(14)28)38-13-18(32)17(12-21(33)34)30-25(35)15-7-9-31(10-8-15)26(36)39-20-6-4-3-5-19(20)37-2/h3-6,11,15,17H,7-10,12-13H2,1-2H3,(H,30,35)(H,33,34)/t17-/m0/s1. The lowest BCUT2D eigenvalue weighted by molar-refractivity contribution is -0.141. The lowest BCUT2D eigenvalue weighted by Gasteiger charge is -2.31. The molecule has 10 nitrogen and oxygen atoms in total. The van der Waals surface area contributed by atoms with E-state index < -0.39 is 71.9 Å². The van der Waals surface area contributed by atoms with E-state index in [4.69, 9.17) is 14.2 Å². The first kappa shape index (κ1) is 29.3. The van der Waals surface area contributed by atoms with Crippen molar-refractivity contribution in [1.29, 1.82) is 0 Å². The fourth-order valence-electron chi connectivity index (χ4n) is 3.97. The molecule has 0 unspecified atom stereocenters. The second-order valence-corrected chi connectivity index (χ2v) is 8.83. The average Bonchev–Trinajstić information content (AvgIpc) is 2.91. The van der Waals surface area contributed by atoms with Crippen LogP contribution in [0.4, 0.5) is 18.0 Å². The summed E-state index contributed by atoms with van der Waals surface area (Å²) in [5.74, 6) is -8.43. The number of carbonyl (C=O) groups excluding carboxylic acids is 3. The van der Waals surface area contributed by atoms with Gasteiger partial charge in [0.2, 0.25) is 11.7 Å². The van der Waals surface area contributed by atoms with Gasteiger partial charge < -0.3 is 29.5 Å². The maximum atomic E-state index is 14.2. The predicted octanol–water partition coefficient (Wildman–Crippen LogP) is 3.24. The van der Waals surface area contributed by atoms with E-state index in [1.54, 1.807) is 24.3 Å². The Labute approximate surface area is 221 Å². The Morgan fingerprint density at radius 2 is 1.72 bits per heavy atom. The van der Waals surface area contributed by atoms with Crippen molar-refractivity contribution in [3.63, 3.8) is 0 Å². The van der Waals surface area contributed by atoms with Crippen molar-refractivity contribution >= 4 is 23.8 Å². The van der Waals surface area contributed by atoms with Crippen LogP contribution in [-0.4, -0.2) is 66.6 Å². The molecule has 1 atom stereocenters. The van der Waals surface area contributed by atoms with Crippen LogP contribution < -0.4 is 19.5 Å². The maximum absolute atomic E-state index is 14.2. The largest absolute Gasteiger partial charge is 0.493 e. The number of nitrogens with zero attached hydrogens (tertiary/aromatic N) is 1. The number of para-hydroxylation sites is 2. The minimum absolute atomic E-state index is 0.157. The number of carbonyl (C=O) groups is 4. The van der Waals surface area contributed by atoms with Crippen molar-refractivity contribution in [2.24, 2.45) is 5.92 Å². The molecule has 0 aliphatic carbocycles. The number of carboxylic acids is 1. The molecule has 0 radical (unpaired) electrons. The molecular weight excluding hydrogens is 525 g/mol. The number of benzene rings is 2. The number of ketones is 1. The molecule has 2 aromatic carbocycles. The molecule has 0 saturated carbocycles. The van der Waals surface area contributed by atoms with Gasteiger partial charge in [0.05, 0.1) is 13.5 Å². The predicted molar refractivity (Wildman–Crippen MR) is 129 cm³/mol. The highest BCUT2D eigenvalue weighted by atomic mass is 19.2. The zero-order valence-electron chi connectivity index (χ0n) is 21.2. The molecule has 0 spiro atoms. The van der Waals surface area contributed by atoms with Gasteiger partial charge in [-0.25, -0.2) is 13.6 Å². The number of carboxylic acid groups (broad SMARTS) is 1. The number of amides is 2. The quantitative estimate of drug-likeness (QED) is 0.430. The Balaban J connectivity index is 1.57. The number of halogens is 3. The van der Waals surface area contributed by atoms with E-state index in [1.165, 1.54) is 18.9 Å². The third-order valence-electron chi connectivity index (χ3n) is 6.13. The van der Waals surface area contributed by atoms with Gasteiger partial charge in [-0.1, -0.05) is 12.1 Å². The number of ether oxygens (including phenoxy) is 3. The molecule has 1 fully saturated rings. The first-order chi connectivity index (χ1) is 18.5. The lowest BCUT2D eigenvalue weighted by atomic mass is 9.95. The highest BCUT2D eigenvalue weighted by Gasteiger charge is 2.32. The molecular formula is C26H27F3N2O8. The number of rotatable bonds is 10. The summed E-state index contributed by atoms with van der Waals surface area (Å²) in [6, 6.07) is 5.64. The van der Waals surface area contributed by atoms with E-state index in [0.29, 0.717) is 11.8 Å². The molecule has 2 N–H and O–H groups in total. The van der Waals surface area contributed by atoms with Crippen LogP contribution in [0.2, 0.25) is 0 Å². The Kier molecular flexibility index (Phi) is 9.74. The van der Waals surface area contributed by atoms with Crippen molar-refractivity contribution < 1.29 is 51.7 Å². The van der Waals surface area contributed by atoms with Crippen molar-refractivity contribution in [2.45, 2.75) is 32.2 Å². The minimum Gasteiger partial charge on any atom is -0.493 e. The second kappa shape index (κ2) is 13.0. The van der Waals surface area contributed by atoms with E-state index in [9.17, 15) is 37.5 Å². The molecule has 2 aromatic rings. The zero-order valence-corrected chi connectivity index (χ0v) is 21.2. The number of hydrogen-bond donors (Lipinski definition) is 2. The highest BCUT2D eigenvalue weighted by Crippen LogP contribution is 2.28. The number of Topliss-reactive ketones (excluding diaryl/α,β-unsaturated/α-hetero) is 1. The van der Waals surface area contributed by atoms with Crippen LogP contribution in [0, 0.1) is 30.3 Å². The molecule has 1 saturated heterocycles. The van der Waals surface area contributed by atoms with Gasteiger partial charge in [-0.2, -0.15) is 4.39 Å². The third kappa shape index (κ3) is 7.39. The molecule has 2 amide bonds. The molecule has 1 heterocycles. The topological polar surface area (TPSA) is 131 Å². The SMILES string of the molecule is COc1ccccc1OC(=O)N1CCC(C(=O)N[C@@H](CC(=O)O)C(=O)COc2c(F)c(C)cc(F)c2F)CC1. The second-order valence-electron chi connectivity index (χ2n) is 8.83.